The second-order valence-corrected chi connectivity index (χ2v) is 5.15. The van der Waals surface area contributed by atoms with E-state index < -0.39 is 4.92 Å². The van der Waals surface area contributed by atoms with E-state index in [0.717, 1.165) is 0 Å². The Balaban J connectivity index is 2.16. The molecule has 0 saturated heterocycles. The fraction of sp³-hybridized carbons (Fsp3) is 0. The van der Waals surface area contributed by atoms with Crippen LogP contribution in [0.4, 0.5) is 17.1 Å². The molecule has 0 saturated carbocycles. The highest BCUT2D eigenvalue weighted by molar-refractivity contribution is 7.80. The molecule has 5 nitrogen and oxygen atoms in total. The Kier molecular flexibility index (Phi) is 4.95. The van der Waals surface area contributed by atoms with E-state index in [9.17, 15) is 10.1 Å². The van der Waals surface area contributed by atoms with Crippen molar-refractivity contribution in [1.82, 2.24) is 0 Å². The number of benzene rings is 2. The van der Waals surface area contributed by atoms with Crippen LogP contribution >= 0.6 is 35.4 Å². The van der Waals surface area contributed by atoms with Crippen molar-refractivity contribution < 1.29 is 4.92 Å². The second-order valence-electron chi connectivity index (χ2n) is 3.95. The predicted octanol–water partition coefficient (Wildman–Crippen LogP) is 4.71. The summed E-state index contributed by atoms with van der Waals surface area (Å²) >= 11 is 17.1. The lowest BCUT2D eigenvalue weighted by molar-refractivity contribution is -0.383. The monoisotopic (exact) mass is 341 g/mol. The van der Waals surface area contributed by atoms with Crippen LogP contribution in [0.25, 0.3) is 0 Å². The zero-order chi connectivity index (χ0) is 15.4. The number of anilines is 2. The zero-order valence-electron chi connectivity index (χ0n) is 10.5. The van der Waals surface area contributed by atoms with Gasteiger partial charge in [-0.2, -0.15) is 0 Å². The topological polar surface area (TPSA) is 67.2 Å². The van der Waals surface area contributed by atoms with Gasteiger partial charge in [0.1, 0.15) is 5.69 Å². The Morgan fingerprint density at radius 3 is 2.38 bits per heavy atom. The molecule has 8 heteroatoms. The van der Waals surface area contributed by atoms with Crippen molar-refractivity contribution >= 4 is 57.6 Å². The molecule has 0 heterocycles. The lowest BCUT2D eigenvalue weighted by Gasteiger charge is -2.12. The molecule has 2 N–H and O–H groups in total. The second kappa shape index (κ2) is 6.71. The van der Waals surface area contributed by atoms with Crippen LogP contribution in [0.5, 0.6) is 0 Å². The molecule has 2 aromatic carbocycles. The van der Waals surface area contributed by atoms with Crippen molar-refractivity contribution in [2.75, 3.05) is 10.6 Å². The number of nitro groups is 1. The van der Waals surface area contributed by atoms with Gasteiger partial charge in [-0.1, -0.05) is 41.4 Å². The van der Waals surface area contributed by atoms with Gasteiger partial charge >= 0.3 is 0 Å². The molecule has 0 radical (unpaired) electrons. The Labute approximate surface area is 136 Å². The first-order valence-electron chi connectivity index (χ1n) is 5.74. The van der Waals surface area contributed by atoms with E-state index in [1.807, 2.05) is 0 Å². The molecule has 21 heavy (non-hydrogen) atoms. The van der Waals surface area contributed by atoms with Crippen LogP contribution in [-0.2, 0) is 0 Å². The molecular weight excluding hydrogens is 333 g/mol. The first-order chi connectivity index (χ1) is 9.99. The molecule has 0 amide bonds. The molecule has 2 aromatic rings. The average Bonchev–Trinajstić information content (AvgIpc) is 2.44. The molecule has 0 aliphatic rings. The number of nitrogens with zero attached hydrogens (tertiary/aromatic N) is 1. The number of halogens is 2. The fourth-order valence-electron chi connectivity index (χ4n) is 1.61. The third-order valence-electron chi connectivity index (χ3n) is 2.55. The van der Waals surface area contributed by atoms with Gasteiger partial charge in [0.05, 0.1) is 20.7 Å². The van der Waals surface area contributed by atoms with E-state index in [1.54, 1.807) is 36.4 Å². The quantitative estimate of drug-likeness (QED) is 0.480. The SMILES string of the molecule is O=[N+]([O-])c1ccccc1NC(=S)Nc1cccc(Cl)c1Cl. The minimum Gasteiger partial charge on any atom is -0.331 e. The van der Waals surface area contributed by atoms with Gasteiger partial charge in [0.25, 0.3) is 5.69 Å². The normalized spacial score (nSPS) is 10.0. The van der Waals surface area contributed by atoms with Crippen LogP contribution in [0, 0.1) is 10.1 Å². The Hall–Kier alpha value is -1.89. The summed E-state index contributed by atoms with van der Waals surface area (Å²) < 4.78 is 0. The first kappa shape index (κ1) is 15.5. The van der Waals surface area contributed by atoms with Gasteiger partial charge in [-0.25, -0.2) is 0 Å². The minimum absolute atomic E-state index is 0.0705. The van der Waals surface area contributed by atoms with Gasteiger partial charge in [-0.05, 0) is 30.4 Å². The van der Waals surface area contributed by atoms with E-state index in [0.29, 0.717) is 15.7 Å². The maximum Gasteiger partial charge on any atom is 0.292 e. The molecule has 0 aliphatic carbocycles. The van der Waals surface area contributed by atoms with Crippen molar-refractivity contribution in [3.05, 3.63) is 62.6 Å². The number of rotatable bonds is 3. The van der Waals surface area contributed by atoms with Crippen LogP contribution in [-0.4, -0.2) is 10.0 Å². The van der Waals surface area contributed by atoms with E-state index in [1.165, 1.54) is 6.07 Å². The van der Waals surface area contributed by atoms with Crippen molar-refractivity contribution in [2.45, 2.75) is 0 Å². The van der Waals surface area contributed by atoms with Crippen LogP contribution < -0.4 is 10.6 Å². The highest BCUT2D eigenvalue weighted by Gasteiger charge is 2.14. The van der Waals surface area contributed by atoms with Crippen LogP contribution in [0.2, 0.25) is 10.0 Å². The van der Waals surface area contributed by atoms with Crippen LogP contribution in [0.15, 0.2) is 42.5 Å². The molecule has 0 aromatic heterocycles. The zero-order valence-corrected chi connectivity index (χ0v) is 12.8. The van der Waals surface area contributed by atoms with Gasteiger partial charge in [0.15, 0.2) is 5.11 Å². The molecule has 0 unspecified atom stereocenters. The number of nitro benzene ring substituents is 1. The van der Waals surface area contributed by atoms with Crippen LogP contribution in [0.3, 0.4) is 0 Å². The maximum absolute atomic E-state index is 10.9. The summed E-state index contributed by atoms with van der Waals surface area (Å²) in [6.45, 7) is 0. The van der Waals surface area contributed by atoms with Crippen molar-refractivity contribution in [1.29, 1.82) is 0 Å². The molecule has 108 valence electrons. The highest BCUT2D eigenvalue weighted by Crippen LogP contribution is 2.30. The molecular formula is C13H9Cl2N3O2S. The number of nitrogens with one attached hydrogen (secondary N) is 2. The van der Waals surface area contributed by atoms with E-state index in [4.69, 9.17) is 35.4 Å². The van der Waals surface area contributed by atoms with E-state index in [-0.39, 0.29) is 16.5 Å². The number of para-hydroxylation sites is 2. The first-order valence-corrected chi connectivity index (χ1v) is 6.91. The molecule has 0 atom stereocenters. The number of hydrogen-bond acceptors (Lipinski definition) is 3. The lowest BCUT2D eigenvalue weighted by Crippen LogP contribution is -2.19. The Morgan fingerprint density at radius 1 is 1.05 bits per heavy atom. The van der Waals surface area contributed by atoms with Gasteiger partial charge < -0.3 is 10.6 Å². The van der Waals surface area contributed by atoms with Gasteiger partial charge in [0.2, 0.25) is 0 Å². The highest BCUT2D eigenvalue weighted by atomic mass is 35.5. The summed E-state index contributed by atoms with van der Waals surface area (Å²) in [4.78, 5) is 10.4. The molecule has 0 fully saturated rings. The fourth-order valence-corrected chi connectivity index (χ4v) is 2.18. The average molecular weight is 342 g/mol. The Morgan fingerprint density at radius 2 is 1.67 bits per heavy atom. The van der Waals surface area contributed by atoms with Gasteiger partial charge in [0, 0.05) is 6.07 Å². The van der Waals surface area contributed by atoms with Crippen molar-refractivity contribution in [3.63, 3.8) is 0 Å². The summed E-state index contributed by atoms with van der Waals surface area (Å²) in [6, 6.07) is 11.3. The molecule has 0 aliphatic heterocycles. The minimum atomic E-state index is -0.489. The molecule has 2 rings (SSSR count). The summed E-state index contributed by atoms with van der Waals surface area (Å²) in [7, 11) is 0. The van der Waals surface area contributed by atoms with Crippen LogP contribution in [0.1, 0.15) is 0 Å². The van der Waals surface area contributed by atoms with Gasteiger partial charge in [-0.15, -0.1) is 0 Å². The maximum atomic E-state index is 10.9. The van der Waals surface area contributed by atoms with E-state index >= 15 is 0 Å². The number of hydrogen-bond donors (Lipinski definition) is 2. The lowest BCUT2D eigenvalue weighted by atomic mass is 10.3. The largest absolute Gasteiger partial charge is 0.331 e. The Bertz CT molecular complexity index is 710. The summed E-state index contributed by atoms with van der Waals surface area (Å²) in [6.07, 6.45) is 0. The molecule has 0 spiro atoms. The molecule has 0 bridgehead atoms. The summed E-state index contributed by atoms with van der Waals surface area (Å²) in [5.41, 5.74) is 0.734. The predicted molar refractivity (Wildman–Crippen MR) is 89.4 cm³/mol. The standard InChI is InChI=1S/C13H9Cl2N3O2S/c14-8-4-3-6-10(12(8)15)17-13(21)16-9-5-1-2-7-11(9)18(19)20/h1-7H,(H2,16,17,21). The number of thiocarbonyl (C=S) groups is 1. The third kappa shape index (κ3) is 3.81. The van der Waals surface area contributed by atoms with Gasteiger partial charge in [-0.3, -0.25) is 10.1 Å². The smallest absolute Gasteiger partial charge is 0.292 e. The van der Waals surface area contributed by atoms with E-state index in [2.05, 4.69) is 10.6 Å². The van der Waals surface area contributed by atoms with Crippen molar-refractivity contribution in [3.8, 4) is 0 Å². The summed E-state index contributed by atoms with van der Waals surface area (Å²) in [5.74, 6) is 0. The summed E-state index contributed by atoms with van der Waals surface area (Å²) in [5, 5.41) is 17.4. The third-order valence-corrected chi connectivity index (χ3v) is 3.57. The van der Waals surface area contributed by atoms with Crippen molar-refractivity contribution in [2.24, 2.45) is 0 Å².